The minimum atomic E-state index is 0.0367. The maximum atomic E-state index is 13.9. The third-order valence-corrected chi connectivity index (χ3v) is 3.01. The van der Waals surface area contributed by atoms with Crippen LogP contribution in [0.3, 0.4) is 0 Å². The van der Waals surface area contributed by atoms with Crippen LogP contribution in [-0.4, -0.2) is 6.54 Å². The molecule has 76 valence electrons. The molecule has 0 unspecified atom stereocenters. The van der Waals surface area contributed by atoms with Crippen LogP contribution >= 0.6 is 0 Å². The number of hydrogen-bond donors (Lipinski definition) is 1. The topological polar surface area (TPSA) is 12.0 Å². The number of aryl methyl sites for hydroxylation is 2. The largest absolute Gasteiger partial charge is 0.312 e. The summed E-state index contributed by atoms with van der Waals surface area (Å²) in [4.78, 5) is 0. The number of halogens is 1. The molecule has 2 heteroatoms. The van der Waals surface area contributed by atoms with Crippen LogP contribution in [0.25, 0.3) is 0 Å². The Bertz CT molecular complexity index is 358. The van der Waals surface area contributed by atoms with E-state index in [0.717, 1.165) is 37.1 Å². The third-order valence-electron chi connectivity index (χ3n) is 3.01. The summed E-state index contributed by atoms with van der Waals surface area (Å²) in [6.07, 6.45) is 1.61. The van der Waals surface area contributed by atoms with E-state index >= 15 is 0 Å². The van der Waals surface area contributed by atoms with Crippen molar-refractivity contribution in [1.29, 1.82) is 0 Å². The van der Waals surface area contributed by atoms with Gasteiger partial charge in [-0.2, -0.15) is 0 Å². The van der Waals surface area contributed by atoms with Gasteiger partial charge in [-0.1, -0.05) is 13.0 Å². The van der Waals surface area contributed by atoms with Crippen LogP contribution in [0.1, 0.15) is 29.2 Å². The molecule has 0 atom stereocenters. The second kappa shape index (κ2) is 3.70. The lowest BCUT2D eigenvalue weighted by atomic mass is 9.92. The number of hydrogen-bond acceptors (Lipinski definition) is 1. The van der Waals surface area contributed by atoms with Gasteiger partial charge in [0.1, 0.15) is 5.82 Å². The van der Waals surface area contributed by atoms with Crippen LogP contribution in [-0.2, 0) is 19.4 Å². The fraction of sp³-hybridized carbons (Fsp3) is 0.500. The van der Waals surface area contributed by atoms with E-state index < -0.39 is 0 Å². The van der Waals surface area contributed by atoms with Crippen molar-refractivity contribution in [2.45, 2.75) is 33.2 Å². The van der Waals surface area contributed by atoms with Gasteiger partial charge in [-0.25, -0.2) is 4.39 Å². The zero-order valence-electron chi connectivity index (χ0n) is 8.78. The average Bonchev–Trinajstić information content (AvgIpc) is 2.23. The normalized spacial score (nSPS) is 15.4. The first kappa shape index (κ1) is 9.66. The average molecular weight is 193 g/mol. The fourth-order valence-corrected chi connectivity index (χ4v) is 2.17. The van der Waals surface area contributed by atoms with E-state index in [0.29, 0.717) is 0 Å². The molecule has 0 radical (unpaired) electrons. The van der Waals surface area contributed by atoms with Crippen molar-refractivity contribution in [2.24, 2.45) is 0 Å². The molecule has 1 aromatic carbocycles. The zero-order chi connectivity index (χ0) is 10.1. The van der Waals surface area contributed by atoms with Crippen molar-refractivity contribution in [3.8, 4) is 0 Å². The van der Waals surface area contributed by atoms with E-state index in [1.54, 1.807) is 0 Å². The van der Waals surface area contributed by atoms with Crippen molar-refractivity contribution in [2.75, 3.05) is 6.54 Å². The summed E-state index contributed by atoms with van der Waals surface area (Å²) in [5.74, 6) is 0.0367. The molecule has 1 heterocycles. The van der Waals surface area contributed by atoms with Gasteiger partial charge in [0.05, 0.1) is 0 Å². The first-order valence-corrected chi connectivity index (χ1v) is 5.24. The Morgan fingerprint density at radius 2 is 2.21 bits per heavy atom. The molecule has 0 spiro atoms. The third kappa shape index (κ3) is 1.44. The summed E-state index contributed by atoms with van der Waals surface area (Å²) in [7, 11) is 0. The first-order valence-electron chi connectivity index (χ1n) is 5.24. The highest BCUT2D eigenvalue weighted by molar-refractivity contribution is 5.41. The molecule has 0 aromatic heterocycles. The predicted octanol–water partition coefficient (Wildman–Crippen LogP) is 2.34. The smallest absolute Gasteiger partial charge is 0.129 e. The quantitative estimate of drug-likeness (QED) is 0.722. The van der Waals surface area contributed by atoms with Crippen LogP contribution < -0.4 is 5.32 Å². The summed E-state index contributed by atoms with van der Waals surface area (Å²) in [5.41, 5.74) is 4.21. The zero-order valence-corrected chi connectivity index (χ0v) is 8.78. The minimum absolute atomic E-state index is 0.0367. The highest BCUT2D eigenvalue weighted by atomic mass is 19.1. The Hall–Kier alpha value is -0.890. The van der Waals surface area contributed by atoms with Crippen molar-refractivity contribution in [3.05, 3.63) is 34.1 Å². The second-order valence-electron chi connectivity index (χ2n) is 3.90. The van der Waals surface area contributed by atoms with E-state index in [1.807, 2.05) is 13.0 Å². The summed E-state index contributed by atoms with van der Waals surface area (Å²) in [6, 6.07) is 1.99. The number of fused-ring (bicyclic) bond motifs is 1. The number of benzene rings is 1. The highest BCUT2D eigenvalue weighted by Gasteiger charge is 2.17. The summed E-state index contributed by atoms with van der Waals surface area (Å²) in [6.45, 7) is 5.80. The van der Waals surface area contributed by atoms with E-state index in [-0.39, 0.29) is 5.82 Å². The van der Waals surface area contributed by atoms with Gasteiger partial charge in [-0.3, -0.25) is 0 Å². The van der Waals surface area contributed by atoms with Crippen LogP contribution in [0, 0.1) is 12.7 Å². The number of rotatable bonds is 1. The Labute approximate surface area is 84.3 Å². The lowest BCUT2D eigenvalue weighted by molar-refractivity contribution is 0.557. The standard InChI is InChI=1S/C12H16FN/c1-3-9-6-8(2)11-7-14-5-4-10(11)12(9)13/h6,14H,3-5,7H2,1-2H3. The van der Waals surface area contributed by atoms with E-state index in [4.69, 9.17) is 0 Å². The highest BCUT2D eigenvalue weighted by Crippen LogP contribution is 2.24. The van der Waals surface area contributed by atoms with Crippen molar-refractivity contribution in [1.82, 2.24) is 5.32 Å². The van der Waals surface area contributed by atoms with E-state index in [9.17, 15) is 4.39 Å². The van der Waals surface area contributed by atoms with Gasteiger partial charge in [0.2, 0.25) is 0 Å². The molecule has 1 aliphatic heterocycles. The molecular formula is C12H16FN. The molecule has 0 amide bonds. The van der Waals surface area contributed by atoms with Gasteiger partial charge < -0.3 is 5.32 Å². The summed E-state index contributed by atoms with van der Waals surface area (Å²) in [5, 5.41) is 3.28. The Morgan fingerprint density at radius 3 is 2.93 bits per heavy atom. The van der Waals surface area contributed by atoms with Crippen LogP contribution in [0.4, 0.5) is 4.39 Å². The van der Waals surface area contributed by atoms with Gasteiger partial charge in [0.15, 0.2) is 0 Å². The predicted molar refractivity (Wildman–Crippen MR) is 55.9 cm³/mol. The van der Waals surface area contributed by atoms with Gasteiger partial charge >= 0.3 is 0 Å². The molecule has 0 aliphatic carbocycles. The van der Waals surface area contributed by atoms with Gasteiger partial charge in [0.25, 0.3) is 0 Å². The lowest BCUT2D eigenvalue weighted by Crippen LogP contribution is -2.26. The lowest BCUT2D eigenvalue weighted by Gasteiger charge is -2.21. The van der Waals surface area contributed by atoms with Crippen molar-refractivity contribution in [3.63, 3.8) is 0 Å². The maximum absolute atomic E-state index is 13.9. The molecule has 1 aromatic rings. The molecule has 0 saturated heterocycles. The van der Waals surface area contributed by atoms with E-state index in [1.165, 1.54) is 11.1 Å². The van der Waals surface area contributed by atoms with Gasteiger partial charge in [0, 0.05) is 6.54 Å². The van der Waals surface area contributed by atoms with Crippen molar-refractivity contribution >= 4 is 0 Å². The summed E-state index contributed by atoms with van der Waals surface area (Å²) >= 11 is 0. The fourth-order valence-electron chi connectivity index (χ4n) is 2.17. The van der Waals surface area contributed by atoms with Gasteiger partial charge in [-0.15, -0.1) is 0 Å². The second-order valence-corrected chi connectivity index (χ2v) is 3.90. The Kier molecular flexibility index (Phi) is 2.55. The minimum Gasteiger partial charge on any atom is -0.312 e. The molecule has 1 N–H and O–H groups in total. The van der Waals surface area contributed by atoms with E-state index in [2.05, 4.69) is 12.2 Å². The molecule has 2 rings (SSSR count). The maximum Gasteiger partial charge on any atom is 0.129 e. The monoisotopic (exact) mass is 193 g/mol. The molecule has 0 saturated carbocycles. The Morgan fingerprint density at radius 1 is 1.43 bits per heavy atom. The molecule has 0 fully saturated rings. The SMILES string of the molecule is CCc1cc(C)c2c(c1F)CCNC2. The van der Waals surface area contributed by atoms with Crippen LogP contribution in [0.2, 0.25) is 0 Å². The van der Waals surface area contributed by atoms with Crippen molar-refractivity contribution < 1.29 is 4.39 Å². The Balaban J connectivity index is 2.58. The molecule has 1 aliphatic rings. The van der Waals surface area contributed by atoms with Crippen LogP contribution in [0.15, 0.2) is 6.07 Å². The first-order chi connectivity index (χ1) is 6.74. The number of nitrogens with one attached hydrogen (secondary N) is 1. The van der Waals surface area contributed by atoms with Crippen LogP contribution in [0.5, 0.6) is 0 Å². The molecule has 14 heavy (non-hydrogen) atoms. The summed E-state index contributed by atoms with van der Waals surface area (Å²) < 4.78 is 13.9. The van der Waals surface area contributed by atoms with Gasteiger partial charge in [-0.05, 0) is 48.6 Å². The molecular weight excluding hydrogens is 177 g/mol. The molecule has 0 bridgehead atoms. The molecule has 1 nitrogen and oxygen atoms in total.